The first kappa shape index (κ1) is 21.6. The Morgan fingerprint density at radius 1 is 1.00 bits per heavy atom. The fourth-order valence-corrected chi connectivity index (χ4v) is 3.10. The maximum Gasteiger partial charge on any atom is 0.233 e. The van der Waals surface area contributed by atoms with Crippen molar-refractivity contribution in [2.75, 3.05) is 18.9 Å². The summed E-state index contributed by atoms with van der Waals surface area (Å²) in [6.45, 7) is 8.94. The van der Waals surface area contributed by atoms with Gasteiger partial charge in [-0.15, -0.1) is 0 Å². The van der Waals surface area contributed by atoms with Crippen LogP contribution < -0.4 is 5.32 Å². The van der Waals surface area contributed by atoms with E-state index in [1.165, 1.54) is 0 Å². The van der Waals surface area contributed by atoms with Crippen molar-refractivity contribution in [2.45, 2.75) is 52.4 Å². The number of rotatable bonds is 8. The van der Waals surface area contributed by atoms with Gasteiger partial charge in [0.05, 0.1) is 0 Å². The van der Waals surface area contributed by atoms with Crippen molar-refractivity contribution in [1.82, 2.24) is 9.88 Å². The standard InChI is InChI=1S/C23H31N3O2/c1-16(2)19-10-8-11-20(17(3)4)23(19)25-21(27)15-22(28)26(5)14-12-18-9-6-7-13-24-18/h6-11,13,16-17H,12,14-15H2,1-5H3,(H,25,27). The summed E-state index contributed by atoms with van der Waals surface area (Å²) in [4.78, 5) is 30.9. The molecule has 1 aromatic carbocycles. The Labute approximate surface area is 168 Å². The summed E-state index contributed by atoms with van der Waals surface area (Å²) < 4.78 is 0. The van der Waals surface area contributed by atoms with Crippen molar-refractivity contribution in [3.63, 3.8) is 0 Å². The monoisotopic (exact) mass is 381 g/mol. The van der Waals surface area contributed by atoms with Gasteiger partial charge in [0, 0.05) is 37.6 Å². The van der Waals surface area contributed by atoms with E-state index in [0.717, 1.165) is 22.5 Å². The fraction of sp³-hybridized carbons (Fsp3) is 0.435. The number of hydrogen-bond donors (Lipinski definition) is 1. The van der Waals surface area contributed by atoms with Crippen molar-refractivity contribution in [1.29, 1.82) is 0 Å². The molecule has 0 aliphatic carbocycles. The molecule has 0 atom stereocenters. The van der Waals surface area contributed by atoms with Gasteiger partial charge in [-0.05, 0) is 35.1 Å². The molecule has 1 aromatic heterocycles. The zero-order valence-corrected chi connectivity index (χ0v) is 17.5. The number of likely N-dealkylation sites (N-methyl/N-ethyl adjacent to an activating group) is 1. The molecule has 0 saturated heterocycles. The zero-order chi connectivity index (χ0) is 20.7. The fourth-order valence-electron chi connectivity index (χ4n) is 3.10. The van der Waals surface area contributed by atoms with Gasteiger partial charge in [0.2, 0.25) is 11.8 Å². The van der Waals surface area contributed by atoms with Crippen LogP contribution in [0.4, 0.5) is 5.69 Å². The van der Waals surface area contributed by atoms with Gasteiger partial charge in [0.1, 0.15) is 6.42 Å². The molecule has 0 aliphatic heterocycles. The molecular weight excluding hydrogens is 350 g/mol. The molecule has 2 aromatic rings. The van der Waals surface area contributed by atoms with Crippen LogP contribution in [0.5, 0.6) is 0 Å². The molecule has 0 unspecified atom stereocenters. The second kappa shape index (κ2) is 10.0. The predicted molar refractivity (Wildman–Crippen MR) is 113 cm³/mol. The topological polar surface area (TPSA) is 62.3 Å². The molecule has 2 rings (SSSR count). The first-order valence-corrected chi connectivity index (χ1v) is 9.86. The Bertz CT molecular complexity index is 774. The minimum atomic E-state index is -0.273. The largest absolute Gasteiger partial charge is 0.345 e. The highest BCUT2D eigenvalue weighted by molar-refractivity contribution is 6.04. The molecule has 0 spiro atoms. The number of para-hydroxylation sites is 1. The van der Waals surface area contributed by atoms with Crippen molar-refractivity contribution in [2.24, 2.45) is 0 Å². The summed E-state index contributed by atoms with van der Waals surface area (Å²) in [5.74, 6) is 0.0998. The van der Waals surface area contributed by atoms with Gasteiger partial charge in [-0.3, -0.25) is 14.6 Å². The minimum Gasteiger partial charge on any atom is -0.345 e. The van der Waals surface area contributed by atoms with Crippen LogP contribution in [-0.2, 0) is 16.0 Å². The molecule has 0 bridgehead atoms. The summed E-state index contributed by atoms with van der Waals surface area (Å²) in [7, 11) is 1.72. The molecule has 28 heavy (non-hydrogen) atoms. The van der Waals surface area contributed by atoms with E-state index in [1.807, 2.05) is 36.4 Å². The lowest BCUT2D eigenvalue weighted by atomic mass is 9.92. The SMILES string of the molecule is CC(C)c1cccc(C(C)C)c1NC(=O)CC(=O)N(C)CCc1ccccn1. The van der Waals surface area contributed by atoms with Crippen LogP contribution in [0.2, 0.25) is 0 Å². The molecule has 5 heteroatoms. The maximum absolute atomic E-state index is 12.6. The first-order valence-electron chi connectivity index (χ1n) is 9.86. The van der Waals surface area contributed by atoms with Gasteiger partial charge in [-0.2, -0.15) is 0 Å². The highest BCUT2D eigenvalue weighted by Gasteiger charge is 2.19. The number of carbonyl (C=O) groups is 2. The van der Waals surface area contributed by atoms with Crippen molar-refractivity contribution in [3.8, 4) is 0 Å². The molecule has 150 valence electrons. The first-order chi connectivity index (χ1) is 13.3. The van der Waals surface area contributed by atoms with E-state index < -0.39 is 0 Å². The Hall–Kier alpha value is -2.69. The lowest BCUT2D eigenvalue weighted by molar-refractivity contribution is -0.133. The Balaban J connectivity index is 2.00. The van der Waals surface area contributed by atoms with Crippen molar-refractivity contribution >= 4 is 17.5 Å². The quantitative estimate of drug-likeness (QED) is 0.691. The average molecular weight is 382 g/mol. The second-order valence-corrected chi connectivity index (χ2v) is 7.73. The maximum atomic E-state index is 12.6. The van der Waals surface area contributed by atoms with E-state index in [9.17, 15) is 9.59 Å². The highest BCUT2D eigenvalue weighted by atomic mass is 16.2. The van der Waals surface area contributed by atoms with E-state index in [0.29, 0.717) is 13.0 Å². The van der Waals surface area contributed by atoms with E-state index >= 15 is 0 Å². The summed E-state index contributed by atoms with van der Waals surface area (Å²) >= 11 is 0. The minimum absolute atomic E-state index is 0.164. The van der Waals surface area contributed by atoms with Crippen molar-refractivity contribution < 1.29 is 9.59 Å². The normalized spacial score (nSPS) is 11.0. The zero-order valence-electron chi connectivity index (χ0n) is 17.5. The number of nitrogens with one attached hydrogen (secondary N) is 1. The summed E-state index contributed by atoms with van der Waals surface area (Å²) in [5.41, 5.74) is 3.96. The third-order valence-corrected chi connectivity index (χ3v) is 4.80. The molecule has 0 aliphatic rings. The Kier molecular flexibility index (Phi) is 7.73. The van der Waals surface area contributed by atoms with Crippen LogP contribution in [0.3, 0.4) is 0 Å². The van der Waals surface area contributed by atoms with Gasteiger partial charge < -0.3 is 10.2 Å². The van der Waals surface area contributed by atoms with E-state index in [1.54, 1.807) is 18.1 Å². The van der Waals surface area contributed by atoms with Crippen LogP contribution in [0.15, 0.2) is 42.6 Å². The van der Waals surface area contributed by atoms with E-state index in [4.69, 9.17) is 0 Å². The smallest absolute Gasteiger partial charge is 0.233 e. The van der Waals surface area contributed by atoms with Crippen LogP contribution in [0, 0.1) is 0 Å². The molecule has 0 fully saturated rings. The van der Waals surface area contributed by atoms with E-state index in [2.05, 4.69) is 38.0 Å². The Morgan fingerprint density at radius 2 is 1.64 bits per heavy atom. The van der Waals surface area contributed by atoms with Crippen LogP contribution in [-0.4, -0.2) is 35.3 Å². The third-order valence-electron chi connectivity index (χ3n) is 4.80. The van der Waals surface area contributed by atoms with Crippen LogP contribution in [0.25, 0.3) is 0 Å². The number of amides is 2. The third kappa shape index (κ3) is 5.91. The summed E-state index contributed by atoms with van der Waals surface area (Å²) in [6, 6.07) is 11.8. The molecule has 1 heterocycles. The lowest BCUT2D eigenvalue weighted by Crippen LogP contribution is -2.32. The summed E-state index contributed by atoms with van der Waals surface area (Å²) in [6.07, 6.45) is 2.24. The van der Waals surface area contributed by atoms with Crippen LogP contribution in [0.1, 0.15) is 62.8 Å². The number of benzene rings is 1. The molecule has 5 nitrogen and oxygen atoms in total. The predicted octanol–water partition coefficient (Wildman–Crippen LogP) is 4.36. The molecule has 0 saturated carbocycles. The van der Waals surface area contributed by atoms with Gasteiger partial charge in [0.15, 0.2) is 0 Å². The van der Waals surface area contributed by atoms with Crippen LogP contribution >= 0.6 is 0 Å². The highest BCUT2D eigenvalue weighted by Crippen LogP contribution is 2.32. The van der Waals surface area contributed by atoms with Gasteiger partial charge >= 0.3 is 0 Å². The number of carbonyl (C=O) groups excluding carboxylic acids is 2. The molecule has 2 amide bonds. The number of pyridine rings is 1. The number of anilines is 1. The number of hydrogen-bond acceptors (Lipinski definition) is 3. The Morgan fingerprint density at radius 3 is 2.18 bits per heavy atom. The molecule has 0 radical (unpaired) electrons. The second-order valence-electron chi connectivity index (χ2n) is 7.73. The summed E-state index contributed by atoms with van der Waals surface area (Å²) in [5, 5.41) is 3.00. The van der Waals surface area contributed by atoms with E-state index in [-0.39, 0.29) is 30.1 Å². The average Bonchev–Trinajstić information content (AvgIpc) is 2.66. The molecule has 1 N–H and O–H groups in total. The van der Waals surface area contributed by atoms with Crippen molar-refractivity contribution in [3.05, 3.63) is 59.4 Å². The molecular formula is C23H31N3O2. The lowest BCUT2D eigenvalue weighted by Gasteiger charge is -2.21. The number of aromatic nitrogens is 1. The van der Waals surface area contributed by atoms with Gasteiger partial charge in [-0.1, -0.05) is 52.0 Å². The van der Waals surface area contributed by atoms with Gasteiger partial charge in [-0.25, -0.2) is 0 Å². The number of nitrogens with zero attached hydrogens (tertiary/aromatic N) is 2. The van der Waals surface area contributed by atoms with Gasteiger partial charge in [0.25, 0.3) is 0 Å².